The number of urea groups is 1. The Morgan fingerprint density at radius 3 is 2.42 bits per heavy atom. The van der Waals surface area contributed by atoms with Crippen molar-refractivity contribution in [1.29, 1.82) is 0 Å². The molecule has 55 heavy (non-hydrogen) atoms. The SMILES string of the molecule is Cc1ccc(-n2nc(C(C)(C)C)cc2NC(=O)Nc2ccc(OCc3ccnc(Nc4cn(C)c(CNC(=O)c5cnccn5)n4)c3)c3ccccc23)cc1. The normalized spacial score (nSPS) is 11.3. The van der Waals surface area contributed by atoms with Gasteiger partial charge in [0.05, 0.1) is 29.8 Å². The maximum absolute atomic E-state index is 13.5. The zero-order valence-electron chi connectivity index (χ0n) is 31.2. The molecule has 3 aromatic carbocycles. The lowest BCUT2D eigenvalue weighted by Gasteiger charge is -2.15. The molecule has 0 saturated heterocycles. The second kappa shape index (κ2) is 15.5. The maximum Gasteiger partial charge on any atom is 0.324 e. The molecule has 0 aliphatic heterocycles. The van der Waals surface area contributed by atoms with Crippen LogP contribution in [0.1, 0.15) is 53.9 Å². The molecule has 4 N–H and O–H groups in total. The first kappa shape index (κ1) is 36.3. The summed E-state index contributed by atoms with van der Waals surface area (Å²) in [5, 5.41) is 18.6. The molecule has 0 spiro atoms. The molecule has 278 valence electrons. The standard InChI is InChI=1S/C41H41N11O3/c1-26-10-12-28(13-11-26)52-37(21-34(50-52)41(2,3)4)49-40(54)46-31-14-15-33(30-9-7-6-8-29(30)31)55-25-27-16-17-44-35(20-27)47-36-24-51(5)38(48-36)23-45-39(53)32-22-42-18-19-43-32/h6-22,24H,23,25H2,1-5H3,(H,44,47)(H,45,53)(H2,46,49,54). The van der Waals surface area contributed by atoms with Crippen LogP contribution in [0.25, 0.3) is 16.5 Å². The zero-order valence-corrected chi connectivity index (χ0v) is 31.2. The highest BCUT2D eigenvalue weighted by Gasteiger charge is 2.22. The average Bonchev–Trinajstić information content (AvgIpc) is 3.76. The summed E-state index contributed by atoms with van der Waals surface area (Å²) in [4.78, 5) is 42.9. The van der Waals surface area contributed by atoms with Crippen molar-refractivity contribution in [3.8, 4) is 11.4 Å². The highest BCUT2D eigenvalue weighted by Crippen LogP contribution is 2.33. The first-order valence-corrected chi connectivity index (χ1v) is 17.7. The van der Waals surface area contributed by atoms with Crippen LogP contribution < -0.4 is 26.0 Å². The van der Waals surface area contributed by atoms with Gasteiger partial charge >= 0.3 is 6.03 Å². The Labute approximate surface area is 318 Å². The number of amides is 3. The number of carbonyl (C=O) groups excluding carboxylic acids is 2. The average molecular weight is 736 g/mol. The predicted molar refractivity (Wildman–Crippen MR) is 212 cm³/mol. The second-order valence-electron chi connectivity index (χ2n) is 14.0. The molecule has 4 aromatic heterocycles. The Morgan fingerprint density at radius 2 is 1.65 bits per heavy atom. The van der Waals surface area contributed by atoms with E-state index >= 15 is 0 Å². The van der Waals surface area contributed by atoms with Crippen LogP contribution in [0, 0.1) is 6.92 Å². The molecule has 14 heteroatoms. The number of hydrogen-bond acceptors (Lipinski definition) is 9. The van der Waals surface area contributed by atoms with Gasteiger partial charge in [-0.3, -0.25) is 15.1 Å². The van der Waals surface area contributed by atoms with Crippen LogP contribution in [0.4, 0.5) is 27.9 Å². The zero-order chi connectivity index (χ0) is 38.5. The highest BCUT2D eigenvalue weighted by molar-refractivity contribution is 6.07. The maximum atomic E-state index is 13.5. The number of aromatic nitrogens is 7. The number of nitrogens with one attached hydrogen (secondary N) is 4. The van der Waals surface area contributed by atoms with Gasteiger partial charge in [0.1, 0.15) is 41.3 Å². The van der Waals surface area contributed by atoms with Crippen molar-refractivity contribution in [1.82, 2.24) is 39.6 Å². The fourth-order valence-corrected chi connectivity index (χ4v) is 5.82. The number of fused-ring (bicyclic) bond motifs is 1. The third kappa shape index (κ3) is 8.60. The quantitative estimate of drug-likeness (QED) is 0.106. The van der Waals surface area contributed by atoms with E-state index in [9.17, 15) is 9.59 Å². The molecule has 0 aliphatic rings. The topological polar surface area (TPSA) is 166 Å². The third-order valence-electron chi connectivity index (χ3n) is 8.78. The van der Waals surface area contributed by atoms with E-state index in [1.807, 2.05) is 104 Å². The monoisotopic (exact) mass is 735 g/mol. The number of carbonyl (C=O) groups is 2. The lowest BCUT2D eigenvalue weighted by Crippen LogP contribution is -2.25. The summed E-state index contributed by atoms with van der Waals surface area (Å²) in [5.41, 5.74) is 4.38. The first-order chi connectivity index (χ1) is 26.5. The van der Waals surface area contributed by atoms with Gasteiger partial charge in [0, 0.05) is 54.1 Å². The minimum atomic E-state index is -0.392. The van der Waals surface area contributed by atoms with Crippen molar-refractivity contribution in [2.75, 3.05) is 16.0 Å². The number of imidazole rings is 1. The second-order valence-corrected chi connectivity index (χ2v) is 14.0. The van der Waals surface area contributed by atoms with Crippen molar-refractivity contribution in [3.63, 3.8) is 0 Å². The van der Waals surface area contributed by atoms with Crippen LogP contribution >= 0.6 is 0 Å². The summed E-state index contributed by atoms with van der Waals surface area (Å²) in [6, 6.07) is 24.7. The minimum Gasteiger partial charge on any atom is -0.488 e. The van der Waals surface area contributed by atoms with Crippen molar-refractivity contribution >= 4 is 45.9 Å². The number of hydrogen-bond donors (Lipinski definition) is 4. The summed E-state index contributed by atoms with van der Waals surface area (Å²) in [6.07, 6.45) is 7.91. The Balaban J connectivity index is 1.01. The molecule has 0 atom stereocenters. The van der Waals surface area contributed by atoms with Crippen LogP contribution in [-0.2, 0) is 25.6 Å². The van der Waals surface area contributed by atoms with Crippen molar-refractivity contribution < 1.29 is 14.3 Å². The molecule has 0 radical (unpaired) electrons. The smallest absolute Gasteiger partial charge is 0.324 e. The van der Waals surface area contributed by atoms with Gasteiger partial charge in [0.25, 0.3) is 5.91 Å². The number of nitrogens with zero attached hydrogens (tertiary/aromatic N) is 7. The van der Waals surface area contributed by atoms with Crippen LogP contribution in [0.5, 0.6) is 5.75 Å². The molecular weight excluding hydrogens is 695 g/mol. The van der Waals surface area contributed by atoms with Gasteiger partial charge in [-0.2, -0.15) is 5.10 Å². The number of aryl methyl sites for hydroxylation is 2. The van der Waals surface area contributed by atoms with Gasteiger partial charge in [0.2, 0.25) is 0 Å². The van der Waals surface area contributed by atoms with Crippen molar-refractivity contribution in [2.24, 2.45) is 7.05 Å². The van der Waals surface area contributed by atoms with Crippen LogP contribution in [0.15, 0.2) is 110 Å². The van der Waals surface area contributed by atoms with Crippen LogP contribution in [0.2, 0.25) is 0 Å². The number of rotatable bonds is 11. The van der Waals surface area contributed by atoms with Gasteiger partial charge in [-0.1, -0.05) is 62.7 Å². The molecule has 4 heterocycles. The van der Waals surface area contributed by atoms with E-state index in [1.54, 1.807) is 10.9 Å². The summed E-state index contributed by atoms with van der Waals surface area (Å²) in [7, 11) is 1.85. The van der Waals surface area contributed by atoms with Gasteiger partial charge in [-0.15, -0.1) is 0 Å². The van der Waals surface area contributed by atoms with Gasteiger partial charge in [-0.05, 0) is 48.9 Å². The number of anilines is 4. The highest BCUT2D eigenvalue weighted by atomic mass is 16.5. The summed E-state index contributed by atoms with van der Waals surface area (Å²) >= 11 is 0. The molecule has 0 unspecified atom stereocenters. The fraction of sp³-hybridized carbons (Fsp3) is 0.195. The molecular formula is C41H41N11O3. The molecule has 7 aromatic rings. The van der Waals surface area contributed by atoms with E-state index in [-0.39, 0.29) is 30.2 Å². The predicted octanol–water partition coefficient (Wildman–Crippen LogP) is 7.45. The Morgan fingerprint density at radius 1 is 0.855 bits per heavy atom. The molecule has 0 aliphatic carbocycles. The third-order valence-corrected chi connectivity index (χ3v) is 8.78. The van der Waals surface area contributed by atoms with Gasteiger partial charge < -0.3 is 25.3 Å². The van der Waals surface area contributed by atoms with E-state index in [0.717, 1.165) is 33.3 Å². The molecule has 14 nitrogen and oxygen atoms in total. The molecule has 0 bridgehead atoms. The van der Waals surface area contributed by atoms with Gasteiger partial charge in [0.15, 0.2) is 0 Å². The summed E-state index contributed by atoms with van der Waals surface area (Å²) in [5.74, 6) is 2.70. The van der Waals surface area contributed by atoms with E-state index < -0.39 is 6.03 Å². The molecule has 0 saturated carbocycles. The Hall–Kier alpha value is -7.09. The minimum absolute atomic E-state index is 0.208. The Kier molecular flexibility index (Phi) is 10.2. The lowest BCUT2D eigenvalue weighted by molar-refractivity contribution is 0.0944. The first-order valence-electron chi connectivity index (χ1n) is 17.7. The summed E-state index contributed by atoms with van der Waals surface area (Å²) in [6.45, 7) is 8.78. The van der Waals surface area contributed by atoms with Crippen molar-refractivity contribution in [3.05, 3.63) is 138 Å². The lowest BCUT2D eigenvalue weighted by atomic mass is 9.92. The summed E-state index contributed by atoms with van der Waals surface area (Å²) < 4.78 is 9.90. The number of benzene rings is 3. The van der Waals surface area contributed by atoms with E-state index in [1.165, 1.54) is 18.6 Å². The number of ether oxygens (including phenoxy) is 1. The Bertz CT molecular complexity index is 2470. The molecule has 7 rings (SSSR count). The van der Waals surface area contributed by atoms with E-state index in [0.29, 0.717) is 34.7 Å². The van der Waals surface area contributed by atoms with E-state index in [2.05, 4.69) is 62.0 Å². The fourth-order valence-electron chi connectivity index (χ4n) is 5.82. The van der Waals surface area contributed by atoms with Crippen LogP contribution in [0.3, 0.4) is 0 Å². The van der Waals surface area contributed by atoms with Gasteiger partial charge in [-0.25, -0.2) is 24.4 Å². The number of pyridine rings is 1. The van der Waals surface area contributed by atoms with Crippen LogP contribution in [-0.4, -0.2) is 46.2 Å². The molecule has 0 fully saturated rings. The van der Waals surface area contributed by atoms with Crippen molar-refractivity contribution in [2.45, 2.75) is 46.3 Å². The molecule has 3 amide bonds. The van der Waals surface area contributed by atoms with E-state index in [4.69, 9.17) is 9.84 Å². The largest absolute Gasteiger partial charge is 0.488 e.